The van der Waals surface area contributed by atoms with Crippen LogP contribution >= 0.6 is 35.3 Å². The number of carbonyl (C=O) groups excluding carboxylic acids is 1. The van der Waals surface area contributed by atoms with Crippen LogP contribution in [0, 0.1) is 12.8 Å². The number of halogens is 2. The number of anilines is 1. The minimum Gasteiger partial charge on any atom is -0.316 e. The number of nitrogens with one attached hydrogen (secondary N) is 2. The van der Waals surface area contributed by atoms with Gasteiger partial charge in [0.1, 0.15) is 0 Å². The van der Waals surface area contributed by atoms with E-state index in [9.17, 15) is 4.79 Å². The number of hydrogen-bond donors (Lipinski definition) is 2. The van der Waals surface area contributed by atoms with Crippen molar-refractivity contribution in [2.45, 2.75) is 32.6 Å². The van der Waals surface area contributed by atoms with Crippen LogP contribution in [0.3, 0.4) is 0 Å². The Balaban J connectivity index is 0.00000225. The van der Waals surface area contributed by atoms with Crippen molar-refractivity contribution in [1.82, 2.24) is 10.3 Å². The quantitative estimate of drug-likeness (QED) is 0.754. The SMILES string of the molecule is Cc1ccc(Cc2cnc(NC(=O)CCC3CCNC3)s2)cc1Cl.Cl. The van der Waals surface area contributed by atoms with E-state index in [2.05, 4.69) is 21.7 Å². The van der Waals surface area contributed by atoms with Gasteiger partial charge >= 0.3 is 0 Å². The molecule has 1 aromatic carbocycles. The first-order valence-electron chi connectivity index (χ1n) is 8.30. The molecule has 1 aliphatic heterocycles. The Labute approximate surface area is 163 Å². The molecule has 2 aromatic rings. The molecule has 3 rings (SSSR count). The van der Waals surface area contributed by atoms with E-state index in [0.717, 1.165) is 47.0 Å². The van der Waals surface area contributed by atoms with Gasteiger partial charge in [0.2, 0.25) is 5.91 Å². The number of carbonyl (C=O) groups is 1. The summed E-state index contributed by atoms with van der Waals surface area (Å²) in [5.74, 6) is 0.690. The smallest absolute Gasteiger partial charge is 0.226 e. The average Bonchev–Trinajstić information content (AvgIpc) is 3.21. The second-order valence-electron chi connectivity index (χ2n) is 6.34. The molecule has 0 aliphatic carbocycles. The molecular weight excluding hydrogens is 377 g/mol. The highest BCUT2D eigenvalue weighted by molar-refractivity contribution is 7.15. The van der Waals surface area contributed by atoms with Crippen LogP contribution in [-0.2, 0) is 11.2 Å². The molecule has 0 saturated carbocycles. The second kappa shape index (κ2) is 9.53. The molecule has 1 aliphatic rings. The van der Waals surface area contributed by atoms with Crippen LogP contribution in [0.1, 0.15) is 35.3 Å². The number of thiazole rings is 1. The zero-order valence-electron chi connectivity index (χ0n) is 14.2. The molecule has 1 unspecified atom stereocenters. The van der Waals surface area contributed by atoms with Gasteiger partial charge in [0.25, 0.3) is 0 Å². The topological polar surface area (TPSA) is 54.0 Å². The lowest BCUT2D eigenvalue weighted by molar-refractivity contribution is -0.116. The van der Waals surface area contributed by atoms with Crippen molar-refractivity contribution >= 4 is 46.4 Å². The molecule has 136 valence electrons. The molecule has 1 atom stereocenters. The van der Waals surface area contributed by atoms with Crippen molar-refractivity contribution in [3.8, 4) is 0 Å². The van der Waals surface area contributed by atoms with E-state index < -0.39 is 0 Å². The Kier molecular flexibility index (Phi) is 7.69. The van der Waals surface area contributed by atoms with Crippen LogP contribution in [-0.4, -0.2) is 24.0 Å². The number of hydrogen-bond acceptors (Lipinski definition) is 4. The van der Waals surface area contributed by atoms with Crippen LogP contribution in [0.4, 0.5) is 5.13 Å². The highest BCUT2D eigenvalue weighted by atomic mass is 35.5. The zero-order chi connectivity index (χ0) is 16.9. The van der Waals surface area contributed by atoms with Crippen molar-refractivity contribution in [3.63, 3.8) is 0 Å². The first kappa shape index (κ1) is 20.2. The third-order valence-corrected chi connectivity index (χ3v) is 5.68. The molecule has 2 N–H and O–H groups in total. The summed E-state index contributed by atoms with van der Waals surface area (Å²) in [6, 6.07) is 6.10. The molecule has 2 heterocycles. The Bertz CT molecular complexity index is 714. The molecular formula is C18H23Cl2N3OS. The van der Waals surface area contributed by atoms with Crippen LogP contribution in [0.25, 0.3) is 0 Å². The van der Waals surface area contributed by atoms with Crippen LogP contribution in [0.5, 0.6) is 0 Å². The fourth-order valence-corrected chi connectivity index (χ4v) is 3.94. The maximum absolute atomic E-state index is 12.0. The summed E-state index contributed by atoms with van der Waals surface area (Å²) in [4.78, 5) is 17.5. The van der Waals surface area contributed by atoms with Gasteiger partial charge in [0.15, 0.2) is 5.13 Å². The van der Waals surface area contributed by atoms with E-state index >= 15 is 0 Å². The number of aryl methyl sites for hydroxylation is 1. The molecule has 4 nitrogen and oxygen atoms in total. The lowest BCUT2D eigenvalue weighted by atomic mass is 10.0. The summed E-state index contributed by atoms with van der Waals surface area (Å²) in [6.07, 6.45) is 5.29. The Morgan fingerprint density at radius 2 is 2.32 bits per heavy atom. The largest absolute Gasteiger partial charge is 0.316 e. The van der Waals surface area contributed by atoms with E-state index in [1.165, 1.54) is 17.8 Å². The number of amides is 1. The van der Waals surface area contributed by atoms with Crippen LogP contribution < -0.4 is 10.6 Å². The highest BCUT2D eigenvalue weighted by Crippen LogP contribution is 2.24. The molecule has 0 radical (unpaired) electrons. The third-order valence-electron chi connectivity index (χ3n) is 4.36. The lowest BCUT2D eigenvalue weighted by Gasteiger charge is -2.07. The van der Waals surface area contributed by atoms with Gasteiger partial charge in [-0.15, -0.1) is 23.7 Å². The molecule has 7 heteroatoms. The van der Waals surface area contributed by atoms with Crippen molar-refractivity contribution in [3.05, 3.63) is 45.4 Å². The van der Waals surface area contributed by atoms with Crippen LogP contribution in [0.15, 0.2) is 24.4 Å². The zero-order valence-corrected chi connectivity index (χ0v) is 16.6. The van der Waals surface area contributed by atoms with Crippen molar-refractivity contribution < 1.29 is 4.79 Å². The van der Waals surface area contributed by atoms with Crippen molar-refractivity contribution in [2.24, 2.45) is 5.92 Å². The van der Waals surface area contributed by atoms with Gasteiger partial charge in [-0.05, 0) is 56.0 Å². The summed E-state index contributed by atoms with van der Waals surface area (Å²) in [5.41, 5.74) is 2.23. The van der Waals surface area contributed by atoms with E-state index in [0.29, 0.717) is 17.5 Å². The molecule has 1 fully saturated rings. The van der Waals surface area contributed by atoms with Crippen molar-refractivity contribution in [1.29, 1.82) is 0 Å². The van der Waals surface area contributed by atoms with Crippen LogP contribution in [0.2, 0.25) is 5.02 Å². The maximum atomic E-state index is 12.0. The van der Waals surface area contributed by atoms with E-state index in [4.69, 9.17) is 11.6 Å². The summed E-state index contributed by atoms with van der Waals surface area (Å²) >= 11 is 7.69. The monoisotopic (exact) mass is 399 g/mol. The first-order valence-corrected chi connectivity index (χ1v) is 9.50. The van der Waals surface area contributed by atoms with Gasteiger partial charge < -0.3 is 10.6 Å². The normalized spacial score (nSPS) is 16.5. The molecule has 1 saturated heterocycles. The lowest BCUT2D eigenvalue weighted by Crippen LogP contribution is -2.14. The summed E-state index contributed by atoms with van der Waals surface area (Å²) in [6.45, 7) is 4.10. The summed E-state index contributed by atoms with van der Waals surface area (Å²) < 4.78 is 0. The van der Waals surface area contributed by atoms with Gasteiger partial charge in [-0.2, -0.15) is 0 Å². The number of rotatable bonds is 6. The van der Waals surface area contributed by atoms with Gasteiger partial charge in [0.05, 0.1) is 0 Å². The molecule has 1 aromatic heterocycles. The molecule has 0 spiro atoms. The maximum Gasteiger partial charge on any atom is 0.226 e. The molecule has 1 amide bonds. The fraction of sp³-hybridized carbons (Fsp3) is 0.444. The Morgan fingerprint density at radius 1 is 1.48 bits per heavy atom. The summed E-state index contributed by atoms with van der Waals surface area (Å²) in [7, 11) is 0. The van der Waals surface area contributed by atoms with E-state index in [-0.39, 0.29) is 18.3 Å². The minimum atomic E-state index is 0. The second-order valence-corrected chi connectivity index (χ2v) is 7.86. The van der Waals surface area contributed by atoms with Gasteiger partial charge in [-0.3, -0.25) is 4.79 Å². The van der Waals surface area contributed by atoms with Gasteiger partial charge in [-0.25, -0.2) is 4.98 Å². The Hall–Kier alpha value is -1.14. The number of benzene rings is 1. The number of nitrogens with zero attached hydrogens (tertiary/aromatic N) is 1. The average molecular weight is 400 g/mol. The molecule has 25 heavy (non-hydrogen) atoms. The van der Waals surface area contributed by atoms with E-state index in [1.807, 2.05) is 25.3 Å². The Morgan fingerprint density at radius 3 is 3.04 bits per heavy atom. The standard InChI is InChI=1S/C18H22ClN3OS.ClH/c1-12-2-3-14(9-16(12)19)8-15-11-21-18(24-15)22-17(23)5-4-13-6-7-20-10-13;/h2-3,9,11,13,20H,4-8,10H2,1H3,(H,21,22,23);1H. The van der Waals surface area contributed by atoms with Crippen molar-refractivity contribution in [2.75, 3.05) is 18.4 Å². The predicted octanol–water partition coefficient (Wildman–Crippen LogP) is 4.45. The predicted molar refractivity (Wildman–Crippen MR) is 107 cm³/mol. The minimum absolute atomic E-state index is 0. The first-order chi connectivity index (χ1) is 11.6. The third kappa shape index (κ3) is 5.96. The van der Waals surface area contributed by atoms with Gasteiger partial charge in [0, 0.05) is 28.9 Å². The number of aromatic nitrogens is 1. The van der Waals surface area contributed by atoms with E-state index in [1.54, 1.807) is 0 Å². The molecule has 0 bridgehead atoms. The summed E-state index contributed by atoms with van der Waals surface area (Å²) in [5, 5.41) is 7.71. The highest BCUT2D eigenvalue weighted by Gasteiger charge is 2.16. The van der Waals surface area contributed by atoms with Gasteiger partial charge in [-0.1, -0.05) is 23.7 Å². The fourth-order valence-electron chi connectivity index (χ4n) is 2.87.